The maximum absolute atomic E-state index is 14.9. The Morgan fingerprint density at radius 2 is 1.82 bits per heavy atom. The summed E-state index contributed by atoms with van der Waals surface area (Å²) in [5.74, 6) is -2.64. The number of ether oxygens (including phenoxy) is 1. The van der Waals surface area contributed by atoms with Crippen molar-refractivity contribution in [3.05, 3.63) is 76.3 Å². The van der Waals surface area contributed by atoms with Gasteiger partial charge >= 0.3 is 5.97 Å². The molecule has 1 saturated carbocycles. The summed E-state index contributed by atoms with van der Waals surface area (Å²) in [6.07, 6.45) is 0.319. The van der Waals surface area contributed by atoms with Crippen LogP contribution in [0.5, 0.6) is 5.75 Å². The first-order valence-corrected chi connectivity index (χ1v) is 12.4. The van der Waals surface area contributed by atoms with Crippen molar-refractivity contribution in [2.45, 2.75) is 25.2 Å². The van der Waals surface area contributed by atoms with Crippen LogP contribution in [-0.4, -0.2) is 38.3 Å². The number of benzene rings is 3. The van der Waals surface area contributed by atoms with Crippen LogP contribution in [0.4, 0.5) is 31.5 Å². The number of hydrogen-bond donors (Lipinski definition) is 1. The van der Waals surface area contributed by atoms with Crippen molar-refractivity contribution in [1.82, 2.24) is 0 Å². The Morgan fingerprint density at radius 1 is 1.11 bits per heavy atom. The minimum absolute atomic E-state index is 0.0102. The van der Waals surface area contributed by atoms with E-state index in [1.54, 1.807) is 49.0 Å². The number of hydrogen-bond acceptors (Lipinski definition) is 6. The molecule has 1 aliphatic heterocycles. The summed E-state index contributed by atoms with van der Waals surface area (Å²) in [7, 11) is 3.42. The van der Waals surface area contributed by atoms with Gasteiger partial charge in [0.05, 0.1) is 33.1 Å². The van der Waals surface area contributed by atoms with Gasteiger partial charge in [0.1, 0.15) is 17.4 Å². The van der Waals surface area contributed by atoms with E-state index >= 15 is 0 Å². The zero-order valence-corrected chi connectivity index (χ0v) is 21.7. The average molecular weight is 540 g/mol. The Morgan fingerprint density at radius 3 is 2.45 bits per heavy atom. The van der Waals surface area contributed by atoms with Crippen molar-refractivity contribution in [3.8, 4) is 5.75 Å². The van der Waals surface area contributed by atoms with E-state index in [2.05, 4.69) is 5.32 Å². The van der Waals surface area contributed by atoms with Gasteiger partial charge in [0.25, 0.3) is 5.91 Å². The number of anilines is 4. The lowest BCUT2D eigenvalue weighted by Gasteiger charge is -2.25. The molecule has 1 N–H and O–H groups in total. The largest absolute Gasteiger partial charge is 0.422 e. The van der Waals surface area contributed by atoms with Gasteiger partial charge in [0, 0.05) is 39.2 Å². The molecule has 1 aliphatic carbocycles. The van der Waals surface area contributed by atoms with E-state index in [4.69, 9.17) is 16.3 Å². The van der Waals surface area contributed by atoms with Crippen LogP contribution in [0.3, 0.4) is 0 Å². The molecule has 7 nitrogen and oxygen atoms in total. The molecule has 1 amide bonds. The van der Waals surface area contributed by atoms with Crippen molar-refractivity contribution in [2.24, 2.45) is 0 Å². The quantitative estimate of drug-likeness (QED) is 0.324. The van der Waals surface area contributed by atoms with Gasteiger partial charge in [-0.15, -0.1) is 0 Å². The molecule has 1 spiro atoms. The molecule has 1 atom stereocenters. The summed E-state index contributed by atoms with van der Waals surface area (Å²) in [6.45, 7) is 1.84. The van der Waals surface area contributed by atoms with Gasteiger partial charge in [0.2, 0.25) is 0 Å². The Labute approximate surface area is 222 Å². The van der Waals surface area contributed by atoms with Crippen molar-refractivity contribution in [1.29, 1.82) is 0 Å². The lowest BCUT2D eigenvalue weighted by Crippen LogP contribution is -2.23. The predicted octanol–water partition coefficient (Wildman–Crippen LogP) is 5.61. The third-order valence-corrected chi connectivity index (χ3v) is 7.20. The summed E-state index contributed by atoms with van der Waals surface area (Å²) < 4.78 is 35.0. The zero-order valence-electron chi connectivity index (χ0n) is 20.9. The molecule has 10 heteroatoms. The van der Waals surface area contributed by atoms with E-state index in [0.29, 0.717) is 22.6 Å². The van der Waals surface area contributed by atoms with Gasteiger partial charge in [-0.25, -0.2) is 8.78 Å². The highest BCUT2D eigenvalue weighted by molar-refractivity contribution is 6.34. The predicted molar refractivity (Wildman–Crippen MR) is 141 cm³/mol. The number of carbonyl (C=O) groups is 3. The summed E-state index contributed by atoms with van der Waals surface area (Å²) in [5.41, 5.74) is 0.762. The molecule has 38 heavy (non-hydrogen) atoms. The molecular weight excluding hydrogens is 516 g/mol. The van der Waals surface area contributed by atoms with Crippen molar-refractivity contribution >= 4 is 52.0 Å². The maximum Gasteiger partial charge on any atom is 0.311 e. The third-order valence-electron chi connectivity index (χ3n) is 6.88. The number of carbonyl (C=O) groups excluding carboxylic acids is 3. The standard InChI is InChI=1S/C28H24ClF2N3O4/c1-4-24(36)38-26-19(32-27(37)25-16(29)7-5-8-17(25)30)9-6-10-20(26)34-14-28(13-23(28)35)15-11-18(31)22(33(2)3)12-21(15)34/h5-12H,4,13-14H2,1-3H3,(H,32,37)/t28-/m1/s1. The number of Topliss-reactive ketones (excluding diaryl/α,β-unsaturated/α-hetero) is 1. The van der Waals surface area contributed by atoms with E-state index in [1.165, 1.54) is 24.3 Å². The monoisotopic (exact) mass is 539 g/mol. The summed E-state index contributed by atoms with van der Waals surface area (Å²) in [6, 6.07) is 11.8. The van der Waals surface area contributed by atoms with Crippen molar-refractivity contribution < 1.29 is 27.9 Å². The highest BCUT2D eigenvalue weighted by Crippen LogP contribution is 2.58. The molecule has 0 radical (unpaired) electrons. The smallest absolute Gasteiger partial charge is 0.311 e. The molecule has 3 aromatic rings. The van der Waals surface area contributed by atoms with Crippen LogP contribution in [0.25, 0.3) is 0 Å². The molecule has 0 bridgehead atoms. The molecule has 2 aliphatic rings. The molecule has 0 saturated heterocycles. The van der Waals surface area contributed by atoms with Crippen LogP contribution in [0.1, 0.15) is 35.7 Å². The molecule has 1 fully saturated rings. The van der Waals surface area contributed by atoms with E-state index in [0.717, 1.165) is 6.07 Å². The first kappa shape index (κ1) is 25.7. The van der Waals surface area contributed by atoms with Crippen LogP contribution < -0.4 is 19.9 Å². The minimum Gasteiger partial charge on any atom is -0.422 e. The normalized spacial score (nSPS) is 17.4. The van der Waals surface area contributed by atoms with E-state index in [9.17, 15) is 23.2 Å². The fourth-order valence-electron chi connectivity index (χ4n) is 4.80. The number of halogens is 3. The van der Waals surface area contributed by atoms with Gasteiger partial charge in [-0.3, -0.25) is 14.4 Å². The summed E-state index contributed by atoms with van der Waals surface area (Å²) in [5, 5.41) is 2.53. The molecule has 0 aromatic heterocycles. The maximum atomic E-state index is 14.9. The Kier molecular flexibility index (Phi) is 6.35. The van der Waals surface area contributed by atoms with Gasteiger partial charge in [-0.05, 0) is 42.0 Å². The fourth-order valence-corrected chi connectivity index (χ4v) is 5.05. The first-order chi connectivity index (χ1) is 18.1. The van der Waals surface area contributed by atoms with Gasteiger partial charge in [-0.2, -0.15) is 0 Å². The number of esters is 1. The van der Waals surface area contributed by atoms with Gasteiger partial charge < -0.3 is 19.9 Å². The second-order valence-electron chi connectivity index (χ2n) is 9.52. The molecular formula is C28H24ClF2N3O4. The van der Waals surface area contributed by atoms with Crippen LogP contribution in [0.15, 0.2) is 48.5 Å². The minimum atomic E-state index is -0.854. The molecule has 196 valence electrons. The lowest BCUT2D eigenvalue weighted by atomic mass is 9.97. The SMILES string of the molecule is CCC(=O)Oc1c(NC(=O)c2c(F)cccc2Cl)cccc1N1C[C@]2(CC2=O)c2cc(F)c(N(C)C)cc21. The van der Waals surface area contributed by atoms with Crippen LogP contribution in [0, 0.1) is 11.6 Å². The van der Waals surface area contributed by atoms with Crippen LogP contribution >= 0.6 is 11.6 Å². The van der Waals surface area contributed by atoms with E-state index < -0.39 is 28.9 Å². The molecule has 5 rings (SSSR count). The first-order valence-electron chi connectivity index (χ1n) is 12.0. The third kappa shape index (κ3) is 4.16. The molecule has 1 heterocycles. The zero-order chi connectivity index (χ0) is 27.4. The number of amides is 1. The average Bonchev–Trinajstić information content (AvgIpc) is 3.41. The van der Waals surface area contributed by atoms with Crippen LogP contribution in [-0.2, 0) is 15.0 Å². The lowest BCUT2D eigenvalue weighted by molar-refractivity contribution is -0.133. The Balaban J connectivity index is 1.63. The number of nitrogens with zero attached hydrogens (tertiary/aromatic N) is 2. The second-order valence-corrected chi connectivity index (χ2v) is 9.92. The fraction of sp³-hybridized carbons (Fsp3) is 0.250. The van der Waals surface area contributed by atoms with Crippen molar-refractivity contribution in [2.75, 3.05) is 35.8 Å². The molecule has 3 aromatic carbocycles. The van der Waals surface area contributed by atoms with E-state index in [1.807, 2.05) is 0 Å². The highest BCUT2D eigenvalue weighted by atomic mass is 35.5. The Bertz CT molecular complexity index is 1490. The number of rotatable bonds is 6. The topological polar surface area (TPSA) is 79.0 Å². The van der Waals surface area contributed by atoms with Crippen molar-refractivity contribution in [3.63, 3.8) is 0 Å². The second kappa shape index (κ2) is 9.40. The van der Waals surface area contributed by atoms with Gasteiger partial charge in [-0.1, -0.05) is 30.7 Å². The summed E-state index contributed by atoms with van der Waals surface area (Å²) in [4.78, 5) is 41.5. The number of fused-ring (bicyclic) bond motifs is 2. The number of ketones is 1. The highest BCUT2D eigenvalue weighted by Gasteiger charge is 2.61. The number of nitrogens with one attached hydrogen (secondary N) is 1. The van der Waals surface area contributed by atoms with Gasteiger partial charge in [0.15, 0.2) is 5.75 Å². The molecule has 0 unspecified atom stereocenters. The Hall–Kier alpha value is -3.98. The summed E-state index contributed by atoms with van der Waals surface area (Å²) >= 11 is 6.07. The van der Waals surface area contributed by atoms with Crippen LogP contribution in [0.2, 0.25) is 5.02 Å². The number of para-hydroxylation sites is 1. The van der Waals surface area contributed by atoms with E-state index in [-0.39, 0.29) is 47.2 Å².